The number of nitrogen functional groups attached to an aromatic ring is 1. The Morgan fingerprint density at radius 1 is 1.62 bits per heavy atom. The predicted octanol–water partition coefficient (Wildman–Crippen LogP) is 0.404. The number of nitrogens with zero attached hydrogens (tertiary/aromatic N) is 1. The lowest BCUT2D eigenvalue weighted by molar-refractivity contribution is 0.217. The molecule has 1 aromatic heterocycles. The molecule has 0 aromatic carbocycles. The lowest BCUT2D eigenvalue weighted by Gasteiger charge is -2.27. The molecule has 3 N–H and O–H groups in total. The fraction of sp³-hybridized carbons (Fsp3) is 0.444. The number of aromatic nitrogens is 1. The zero-order chi connectivity index (χ0) is 9.10. The standard InChI is InChI=1S/C9H13N3O/c10-9-2-1-8(5-12-9)13-6-7-3-4-11-7/h1-2,5,7,11H,3-4,6H2,(H2,10,12). The van der Waals surface area contributed by atoms with Gasteiger partial charge >= 0.3 is 0 Å². The summed E-state index contributed by atoms with van der Waals surface area (Å²) in [7, 11) is 0. The molecule has 0 spiro atoms. The van der Waals surface area contributed by atoms with Crippen molar-refractivity contribution in [2.45, 2.75) is 12.5 Å². The van der Waals surface area contributed by atoms with Crippen LogP contribution in [0.5, 0.6) is 5.75 Å². The first kappa shape index (κ1) is 8.31. The van der Waals surface area contributed by atoms with Crippen LogP contribution in [-0.2, 0) is 0 Å². The Labute approximate surface area is 77.1 Å². The van der Waals surface area contributed by atoms with E-state index >= 15 is 0 Å². The average molecular weight is 179 g/mol. The van der Waals surface area contributed by atoms with Gasteiger partial charge in [0.25, 0.3) is 0 Å². The van der Waals surface area contributed by atoms with E-state index in [2.05, 4.69) is 10.3 Å². The number of hydrogen-bond donors (Lipinski definition) is 2. The highest BCUT2D eigenvalue weighted by Crippen LogP contribution is 2.11. The Balaban J connectivity index is 1.83. The minimum Gasteiger partial charge on any atom is -0.490 e. The maximum Gasteiger partial charge on any atom is 0.137 e. The first-order valence-corrected chi connectivity index (χ1v) is 4.42. The molecular weight excluding hydrogens is 166 g/mol. The number of pyridine rings is 1. The molecule has 1 atom stereocenters. The van der Waals surface area contributed by atoms with E-state index < -0.39 is 0 Å². The van der Waals surface area contributed by atoms with Gasteiger partial charge in [0.1, 0.15) is 18.2 Å². The van der Waals surface area contributed by atoms with E-state index in [0.29, 0.717) is 18.5 Å². The van der Waals surface area contributed by atoms with Gasteiger partial charge in [0, 0.05) is 6.04 Å². The maximum absolute atomic E-state index is 5.48. The summed E-state index contributed by atoms with van der Waals surface area (Å²) in [5, 5.41) is 3.26. The molecule has 4 nitrogen and oxygen atoms in total. The van der Waals surface area contributed by atoms with Crippen LogP contribution in [0.3, 0.4) is 0 Å². The first-order valence-electron chi connectivity index (χ1n) is 4.42. The van der Waals surface area contributed by atoms with Crippen molar-refractivity contribution in [1.82, 2.24) is 10.3 Å². The van der Waals surface area contributed by atoms with Gasteiger partial charge in [-0.2, -0.15) is 0 Å². The number of ether oxygens (including phenoxy) is 1. The third-order valence-corrected chi connectivity index (χ3v) is 2.14. The van der Waals surface area contributed by atoms with Crippen LogP contribution in [0, 0.1) is 0 Å². The van der Waals surface area contributed by atoms with Gasteiger partial charge < -0.3 is 15.8 Å². The molecule has 1 aliphatic rings. The van der Waals surface area contributed by atoms with Crippen molar-refractivity contribution < 1.29 is 4.74 Å². The highest BCUT2D eigenvalue weighted by Gasteiger charge is 2.16. The largest absolute Gasteiger partial charge is 0.490 e. The van der Waals surface area contributed by atoms with Crippen LogP contribution in [-0.4, -0.2) is 24.2 Å². The molecule has 0 radical (unpaired) electrons. The average Bonchev–Trinajstić information content (AvgIpc) is 2.05. The zero-order valence-corrected chi connectivity index (χ0v) is 7.36. The van der Waals surface area contributed by atoms with Gasteiger partial charge in [0.2, 0.25) is 0 Å². The Morgan fingerprint density at radius 2 is 2.46 bits per heavy atom. The lowest BCUT2D eigenvalue weighted by Crippen LogP contribution is -2.46. The molecule has 0 bridgehead atoms. The van der Waals surface area contributed by atoms with Crippen molar-refractivity contribution >= 4 is 5.82 Å². The molecule has 1 aliphatic heterocycles. The van der Waals surface area contributed by atoms with Gasteiger partial charge in [-0.1, -0.05) is 0 Å². The first-order chi connectivity index (χ1) is 6.34. The smallest absolute Gasteiger partial charge is 0.137 e. The quantitative estimate of drug-likeness (QED) is 0.705. The van der Waals surface area contributed by atoms with Crippen LogP contribution >= 0.6 is 0 Å². The van der Waals surface area contributed by atoms with Gasteiger partial charge in [-0.3, -0.25) is 0 Å². The van der Waals surface area contributed by atoms with Gasteiger partial charge in [0.15, 0.2) is 0 Å². The van der Waals surface area contributed by atoms with Crippen LogP contribution in [0.1, 0.15) is 6.42 Å². The summed E-state index contributed by atoms with van der Waals surface area (Å²) in [4.78, 5) is 3.93. The van der Waals surface area contributed by atoms with Crippen LogP contribution in [0.25, 0.3) is 0 Å². The van der Waals surface area contributed by atoms with E-state index in [9.17, 15) is 0 Å². The van der Waals surface area contributed by atoms with Crippen molar-refractivity contribution in [3.8, 4) is 5.75 Å². The van der Waals surface area contributed by atoms with E-state index in [1.54, 1.807) is 12.3 Å². The minimum atomic E-state index is 0.512. The second kappa shape index (κ2) is 3.62. The topological polar surface area (TPSA) is 60.2 Å². The molecule has 1 unspecified atom stereocenters. The molecule has 1 aromatic rings. The fourth-order valence-electron chi connectivity index (χ4n) is 1.16. The number of nitrogens with two attached hydrogens (primary N) is 1. The molecule has 2 rings (SSSR count). The van der Waals surface area contributed by atoms with E-state index in [-0.39, 0.29) is 0 Å². The molecule has 0 aliphatic carbocycles. The molecule has 2 heterocycles. The van der Waals surface area contributed by atoms with Gasteiger partial charge in [-0.15, -0.1) is 0 Å². The SMILES string of the molecule is Nc1ccc(OCC2CCN2)cn1. The van der Waals surface area contributed by atoms with Gasteiger partial charge in [-0.05, 0) is 25.1 Å². The van der Waals surface area contributed by atoms with E-state index in [1.807, 2.05) is 6.07 Å². The molecule has 4 heteroatoms. The second-order valence-corrected chi connectivity index (χ2v) is 3.17. The van der Waals surface area contributed by atoms with Crippen molar-refractivity contribution in [3.05, 3.63) is 18.3 Å². The highest BCUT2D eigenvalue weighted by atomic mass is 16.5. The van der Waals surface area contributed by atoms with E-state index in [4.69, 9.17) is 10.5 Å². The highest BCUT2D eigenvalue weighted by molar-refractivity contribution is 5.32. The van der Waals surface area contributed by atoms with Crippen LogP contribution < -0.4 is 15.8 Å². The Kier molecular flexibility index (Phi) is 2.31. The summed E-state index contributed by atoms with van der Waals surface area (Å²) < 4.78 is 5.48. The summed E-state index contributed by atoms with van der Waals surface area (Å²) in [6.07, 6.45) is 2.84. The summed E-state index contributed by atoms with van der Waals surface area (Å²) in [6.45, 7) is 1.82. The minimum absolute atomic E-state index is 0.512. The normalized spacial score (nSPS) is 20.8. The third kappa shape index (κ3) is 2.09. The summed E-state index contributed by atoms with van der Waals surface area (Å²) in [5.74, 6) is 1.30. The number of hydrogen-bond acceptors (Lipinski definition) is 4. The predicted molar refractivity (Wildman–Crippen MR) is 50.6 cm³/mol. The van der Waals surface area contributed by atoms with Crippen LogP contribution in [0.4, 0.5) is 5.82 Å². The summed E-state index contributed by atoms with van der Waals surface area (Å²) in [5.41, 5.74) is 5.44. The molecule has 0 amide bonds. The van der Waals surface area contributed by atoms with Gasteiger partial charge in [0.05, 0.1) is 6.20 Å². The summed E-state index contributed by atoms with van der Waals surface area (Å²) >= 11 is 0. The Morgan fingerprint density at radius 3 is 3.00 bits per heavy atom. The van der Waals surface area contributed by atoms with Crippen molar-refractivity contribution in [1.29, 1.82) is 0 Å². The monoisotopic (exact) mass is 179 g/mol. The number of rotatable bonds is 3. The van der Waals surface area contributed by atoms with Crippen molar-refractivity contribution in [3.63, 3.8) is 0 Å². The third-order valence-electron chi connectivity index (χ3n) is 2.14. The number of nitrogens with one attached hydrogen (secondary N) is 1. The van der Waals surface area contributed by atoms with E-state index in [0.717, 1.165) is 12.3 Å². The van der Waals surface area contributed by atoms with E-state index in [1.165, 1.54) is 6.42 Å². The second-order valence-electron chi connectivity index (χ2n) is 3.17. The Hall–Kier alpha value is -1.29. The van der Waals surface area contributed by atoms with Crippen molar-refractivity contribution in [2.24, 2.45) is 0 Å². The molecule has 70 valence electrons. The Bertz CT molecular complexity index is 269. The molecule has 1 fully saturated rings. The molecular formula is C9H13N3O. The maximum atomic E-state index is 5.48. The lowest BCUT2D eigenvalue weighted by atomic mass is 10.1. The van der Waals surface area contributed by atoms with Crippen molar-refractivity contribution in [2.75, 3.05) is 18.9 Å². The number of anilines is 1. The zero-order valence-electron chi connectivity index (χ0n) is 7.36. The summed E-state index contributed by atoms with van der Waals surface area (Å²) in [6, 6.07) is 4.09. The molecule has 1 saturated heterocycles. The molecule has 13 heavy (non-hydrogen) atoms. The van der Waals surface area contributed by atoms with Crippen LogP contribution in [0.15, 0.2) is 18.3 Å². The van der Waals surface area contributed by atoms with Crippen LogP contribution in [0.2, 0.25) is 0 Å². The fourth-order valence-corrected chi connectivity index (χ4v) is 1.16. The van der Waals surface area contributed by atoms with Gasteiger partial charge in [-0.25, -0.2) is 4.98 Å². The molecule has 0 saturated carbocycles.